The van der Waals surface area contributed by atoms with Crippen molar-refractivity contribution in [2.24, 2.45) is 0 Å². The highest BCUT2D eigenvalue weighted by Gasteiger charge is 2.33. The second kappa shape index (κ2) is 3.92. The van der Waals surface area contributed by atoms with E-state index in [1.807, 2.05) is 0 Å². The molecule has 1 aliphatic rings. The second-order valence-corrected chi connectivity index (χ2v) is 4.29. The van der Waals surface area contributed by atoms with Crippen LogP contribution in [-0.4, -0.2) is 21.4 Å². The van der Waals surface area contributed by atoms with Crippen molar-refractivity contribution in [3.05, 3.63) is 36.0 Å². The molecular weight excluding hydrogens is 223 g/mol. The van der Waals surface area contributed by atoms with Gasteiger partial charge in [-0.1, -0.05) is 5.16 Å². The third-order valence-corrected chi connectivity index (χ3v) is 3.01. The van der Waals surface area contributed by atoms with Gasteiger partial charge in [-0.15, -0.1) is 0 Å². The minimum Gasteiger partial charge on any atom is -0.393 e. The Kier molecular flexibility index (Phi) is 2.40. The first-order chi connectivity index (χ1) is 8.22. The lowest BCUT2D eigenvalue weighted by Gasteiger charge is -2.27. The van der Waals surface area contributed by atoms with Crippen LogP contribution in [0.1, 0.15) is 24.7 Å². The van der Waals surface area contributed by atoms with Gasteiger partial charge in [0.05, 0.1) is 6.10 Å². The smallest absolute Gasteiger partial charge is 0.230 e. The molecule has 4 nitrogen and oxygen atoms in total. The summed E-state index contributed by atoms with van der Waals surface area (Å²) in [5.74, 6) is 0.877. The van der Waals surface area contributed by atoms with E-state index in [2.05, 4.69) is 10.1 Å². The predicted molar refractivity (Wildman–Crippen MR) is 57.7 cm³/mol. The molecule has 0 radical (unpaired) electrons. The first-order valence-electron chi connectivity index (χ1n) is 5.50. The van der Waals surface area contributed by atoms with Crippen molar-refractivity contribution in [3.63, 3.8) is 0 Å². The molecule has 0 aliphatic heterocycles. The van der Waals surface area contributed by atoms with Gasteiger partial charge in [0.1, 0.15) is 5.82 Å². The maximum atomic E-state index is 12.8. The molecule has 5 heteroatoms. The molecule has 0 atom stereocenters. The van der Waals surface area contributed by atoms with Crippen molar-refractivity contribution in [3.8, 4) is 11.4 Å². The summed E-state index contributed by atoms with van der Waals surface area (Å²) in [5, 5.41) is 13.1. The monoisotopic (exact) mass is 234 g/mol. The van der Waals surface area contributed by atoms with Crippen LogP contribution in [0.5, 0.6) is 0 Å². The van der Waals surface area contributed by atoms with E-state index in [9.17, 15) is 9.50 Å². The molecule has 0 spiro atoms. The lowest BCUT2D eigenvalue weighted by molar-refractivity contribution is 0.0625. The highest BCUT2D eigenvalue weighted by Crippen LogP contribution is 2.36. The molecule has 0 bridgehead atoms. The molecule has 1 aromatic heterocycles. The molecule has 17 heavy (non-hydrogen) atoms. The van der Waals surface area contributed by atoms with Crippen molar-refractivity contribution in [2.45, 2.75) is 24.9 Å². The maximum absolute atomic E-state index is 12.8. The summed E-state index contributed by atoms with van der Waals surface area (Å²) in [6, 6.07) is 5.94. The normalized spacial score (nSPS) is 23.4. The molecular formula is C12H11FN2O2. The van der Waals surface area contributed by atoms with E-state index in [1.165, 1.54) is 12.1 Å². The zero-order valence-corrected chi connectivity index (χ0v) is 9.01. The molecule has 0 amide bonds. The summed E-state index contributed by atoms with van der Waals surface area (Å²) >= 11 is 0. The van der Waals surface area contributed by atoms with Crippen LogP contribution in [0.25, 0.3) is 11.4 Å². The molecule has 3 rings (SSSR count). The van der Waals surface area contributed by atoms with Crippen LogP contribution < -0.4 is 0 Å². The van der Waals surface area contributed by atoms with E-state index in [4.69, 9.17) is 4.52 Å². The highest BCUT2D eigenvalue weighted by molar-refractivity contribution is 5.53. The lowest BCUT2D eigenvalue weighted by atomic mass is 9.82. The van der Waals surface area contributed by atoms with Gasteiger partial charge in [0, 0.05) is 11.5 Å². The average molecular weight is 234 g/mol. The zero-order chi connectivity index (χ0) is 11.8. The van der Waals surface area contributed by atoms with Crippen molar-refractivity contribution in [1.29, 1.82) is 0 Å². The van der Waals surface area contributed by atoms with Gasteiger partial charge in [0.15, 0.2) is 0 Å². The minimum atomic E-state index is -0.292. The highest BCUT2D eigenvalue weighted by atomic mass is 19.1. The molecule has 1 N–H and O–H groups in total. The van der Waals surface area contributed by atoms with Gasteiger partial charge in [-0.2, -0.15) is 4.98 Å². The van der Waals surface area contributed by atoms with Crippen LogP contribution in [0.4, 0.5) is 4.39 Å². The SMILES string of the molecule is OC1CC(c2nc(-c3ccc(F)cc3)no2)C1. The van der Waals surface area contributed by atoms with Crippen LogP contribution in [0, 0.1) is 5.82 Å². The lowest BCUT2D eigenvalue weighted by Crippen LogP contribution is -2.26. The number of benzene rings is 1. The Bertz CT molecular complexity index is 518. The summed E-state index contributed by atoms with van der Waals surface area (Å²) in [6.45, 7) is 0. The Morgan fingerprint density at radius 1 is 1.24 bits per heavy atom. The number of nitrogens with zero attached hydrogens (tertiary/aromatic N) is 2. The van der Waals surface area contributed by atoms with E-state index in [1.54, 1.807) is 12.1 Å². The summed E-state index contributed by atoms with van der Waals surface area (Å²) in [5.41, 5.74) is 0.723. The van der Waals surface area contributed by atoms with Crippen molar-refractivity contribution < 1.29 is 14.0 Å². The van der Waals surface area contributed by atoms with E-state index < -0.39 is 0 Å². The van der Waals surface area contributed by atoms with Crippen LogP contribution in [0.2, 0.25) is 0 Å². The third-order valence-electron chi connectivity index (χ3n) is 3.01. The molecule has 2 aromatic rings. The van der Waals surface area contributed by atoms with E-state index in [0.29, 0.717) is 24.6 Å². The molecule has 1 heterocycles. The minimum absolute atomic E-state index is 0.159. The fourth-order valence-electron chi connectivity index (χ4n) is 1.91. The standard InChI is InChI=1S/C12H11FN2O2/c13-9-3-1-7(2-4-9)11-14-12(17-15-11)8-5-10(16)6-8/h1-4,8,10,16H,5-6H2. The number of aromatic nitrogens is 2. The van der Waals surface area contributed by atoms with Gasteiger partial charge in [-0.05, 0) is 37.1 Å². The van der Waals surface area contributed by atoms with Crippen LogP contribution in [0.3, 0.4) is 0 Å². The molecule has 1 aromatic carbocycles. The number of halogens is 1. The van der Waals surface area contributed by atoms with Crippen molar-refractivity contribution >= 4 is 0 Å². The Hall–Kier alpha value is -1.75. The van der Waals surface area contributed by atoms with Crippen molar-refractivity contribution in [1.82, 2.24) is 10.1 Å². The van der Waals surface area contributed by atoms with Gasteiger partial charge < -0.3 is 9.63 Å². The Morgan fingerprint density at radius 2 is 1.94 bits per heavy atom. The average Bonchev–Trinajstić information content (AvgIpc) is 2.75. The topological polar surface area (TPSA) is 59.2 Å². The Labute approximate surface area is 97.1 Å². The zero-order valence-electron chi connectivity index (χ0n) is 9.01. The number of hydrogen-bond donors (Lipinski definition) is 1. The molecule has 1 fully saturated rings. The van der Waals surface area contributed by atoms with Crippen LogP contribution in [-0.2, 0) is 0 Å². The molecule has 0 unspecified atom stereocenters. The summed E-state index contributed by atoms with van der Waals surface area (Å²) in [6.07, 6.45) is 1.09. The molecule has 1 saturated carbocycles. The van der Waals surface area contributed by atoms with E-state index in [0.717, 1.165) is 5.56 Å². The Balaban J connectivity index is 1.82. The summed E-state index contributed by atoms with van der Waals surface area (Å²) in [7, 11) is 0. The van der Waals surface area contributed by atoms with Gasteiger partial charge >= 0.3 is 0 Å². The fraction of sp³-hybridized carbons (Fsp3) is 0.333. The summed E-state index contributed by atoms with van der Waals surface area (Å²) < 4.78 is 17.9. The van der Waals surface area contributed by atoms with Crippen molar-refractivity contribution in [2.75, 3.05) is 0 Å². The molecule has 1 aliphatic carbocycles. The first-order valence-corrected chi connectivity index (χ1v) is 5.50. The third kappa shape index (κ3) is 1.93. The van der Waals surface area contributed by atoms with Gasteiger partial charge in [0.25, 0.3) is 0 Å². The van der Waals surface area contributed by atoms with Crippen LogP contribution in [0.15, 0.2) is 28.8 Å². The van der Waals surface area contributed by atoms with Gasteiger partial charge in [0.2, 0.25) is 11.7 Å². The number of hydrogen-bond acceptors (Lipinski definition) is 4. The number of aliphatic hydroxyl groups excluding tert-OH is 1. The molecule has 88 valence electrons. The maximum Gasteiger partial charge on any atom is 0.230 e. The largest absolute Gasteiger partial charge is 0.393 e. The molecule has 0 saturated heterocycles. The predicted octanol–water partition coefficient (Wildman–Crippen LogP) is 2.11. The fourth-order valence-corrected chi connectivity index (χ4v) is 1.91. The second-order valence-electron chi connectivity index (χ2n) is 4.29. The van der Waals surface area contributed by atoms with E-state index in [-0.39, 0.29) is 17.8 Å². The number of aliphatic hydroxyl groups is 1. The number of rotatable bonds is 2. The summed E-state index contributed by atoms with van der Waals surface area (Å²) in [4.78, 5) is 4.26. The van der Waals surface area contributed by atoms with Gasteiger partial charge in [-0.3, -0.25) is 0 Å². The van der Waals surface area contributed by atoms with E-state index >= 15 is 0 Å². The quantitative estimate of drug-likeness (QED) is 0.864. The first kappa shape index (κ1) is 10.4. The van der Waals surface area contributed by atoms with Crippen LogP contribution >= 0.6 is 0 Å². The van der Waals surface area contributed by atoms with Gasteiger partial charge in [-0.25, -0.2) is 4.39 Å². The Morgan fingerprint density at radius 3 is 2.59 bits per heavy atom.